The van der Waals surface area contributed by atoms with E-state index in [1.54, 1.807) is 6.92 Å². The van der Waals surface area contributed by atoms with Gasteiger partial charge in [0.25, 0.3) is 0 Å². The van der Waals surface area contributed by atoms with Gasteiger partial charge in [0.1, 0.15) is 17.2 Å². The molecule has 0 aliphatic heterocycles. The van der Waals surface area contributed by atoms with Gasteiger partial charge in [-0.15, -0.1) is 0 Å². The number of hydrogen-bond donors (Lipinski definition) is 2. The third-order valence-electron chi connectivity index (χ3n) is 2.28. The predicted octanol–water partition coefficient (Wildman–Crippen LogP) is 2.25. The van der Waals surface area contributed by atoms with E-state index in [-0.39, 0.29) is 16.7 Å². The molecule has 16 heavy (non-hydrogen) atoms. The molecule has 0 unspecified atom stereocenters. The van der Waals surface area contributed by atoms with Crippen LogP contribution in [-0.4, -0.2) is 4.98 Å². The summed E-state index contributed by atoms with van der Waals surface area (Å²) in [4.78, 5) is 3.72. The first-order valence-corrected chi connectivity index (χ1v) is 4.46. The Labute approximate surface area is 89.1 Å². The normalized spacial score (nSPS) is 10.8. The van der Waals surface area contributed by atoms with Crippen molar-refractivity contribution in [1.29, 1.82) is 0 Å². The quantitative estimate of drug-likeness (QED) is 0.446. The number of nitrogens with two attached hydrogens (primary N) is 1. The number of hydrazine groups is 1. The maximum Gasteiger partial charge on any atom is 0.185 e. The van der Waals surface area contributed by atoms with Crippen LogP contribution in [0, 0.1) is 24.4 Å². The number of pyridine rings is 1. The number of fused-ring (bicyclic) bond motifs is 1. The summed E-state index contributed by atoms with van der Waals surface area (Å²) < 4.78 is 39.6. The molecule has 3 nitrogen and oxygen atoms in total. The number of aromatic nitrogens is 1. The topological polar surface area (TPSA) is 50.9 Å². The van der Waals surface area contributed by atoms with E-state index in [4.69, 9.17) is 5.84 Å². The molecule has 1 aromatic carbocycles. The minimum Gasteiger partial charge on any atom is -0.308 e. The van der Waals surface area contributed by atoms with Gasteiger partial charge < -0.3 is 5.43 Å². The van der Waals surface area contributed by atoms with Gasteiger partial charge in [0, 0.05) is 11.5 Å². The van der Waals surface area contributed by atoms with Crippen LogP contribution < -0.4 is 11.3 Å². The molecule has 0 saturated heterocycles. The van der Waals surface area contributed by atoms with Crippen LogP contribution in [0.2, 0.25) is 0 Å². The highest BCUT2D eigenvalue weighted by molar-refractivity contribution is 5.82. The Morgan fingerprint density at radius 3 is 2.50 bits per heavy atom. The molecule has 1 heterocycles. The monoisotopic (exact) mass is 227 g/mol. The van der Waals surface area contributed by atoms with Crippen LogP contribution in [-0.2, 0) is 0 Å². The fraction of sp³-hybridized carbons (Fsp3) is 0.100. The smallest absolute Gasteiger partial charge is 0.185 e. The van der Waals surface area contributed by atoms with Crippen LogP contribution in [0.1, 0.15) is 5.56 Å². The zero-order valence-electron chi connectivity index (χ0n) is 8.31. The van der Waals surface area contributed by atoms with Crippen LogP contribution >= 0.6 is 0 Å². The van der Waals surface area contributed by atoms with Gasteiger partial charge in [0.05, 0.1) is 0 Å². The van der Waals surface area contributed by atoms with E-state index >= 15 is 0 Å². The molecule has 0 aliphatic carbocycles. The van der Waals surface area contributed by atoms with Gasteiger partial charge in [-0.2, -0.15) is 0 Å². The second-order valence-corrected chi connectivity index (χ2v) is 3.35. The fourth-order valence-electron chi connectivity index (χ4n) is 1.47. The highest BCUT2D eigenvalue weighted by atomic mass is 19.2. The molecule has 0 atom stereocenters. The van der Waals surface area contributed by atoms with E-state index < -0.39 is 17.5 Å². The second-order valence-electron chi connectivity index (χ2n) is 3.35. The Hall–Kier alpha value is -1.82. The molecule has 0 amide bonds. The van der Waals surface area contributed by atoms with Gasteiger partial charge in [-0.25, -0.2) is 24.0 Å². The lowest BCUT2D eigenvalue weighted by atomic mass is 10.1. The van der Waals surface area contributed by atoms with Gasteiger partial charge in [-0.05, 0) is 18.6 Å². The molecule has 6 heteroatoms. The molecular formula is C10H8F3N3. The minimum absolute atomic E-state index is 0.0737. The van der Waals surface area contributed by atoms with E-state index in [1.807, 2.05) is 0 Å². The Morgan fingerprint density at radius 1 is 1.19 bits per heavy atom. The third-order valence-corrected chi connectivity index (χ3v) is 2.28. The van der Waals surface area contributed by atoms with E-state index in [9.17, 15) is 13.2 Å². The van der Waals surface area contributed by atoms with Gasteiger partial charge in [-0.3, -0.25) is 0 Å². The number of nitrogens with zero attached hydrogens (tertiary/aromatic N) is 1. The fourth-order valence-corrected chi connectivity index (χ4v) is 1.47. The zero-order chi connectivity index (χ0) is 11.9. The molecule has 2 aromatic rings. The molecule has 3 N–H and O–H groups in total. The first-order valence-electron chi connectivity index (χ1n) is 4.46. The van der Waals surface area contributed by atoms with Crippen molar-refractivity contribution >= 4 is 16.7 Å². The molecule has 0 spiro atoms. The Morgan fingerprint density at radius 2 is 1.88 bits per heavy atom. The second kappa shape index (κ2) is 3.64. The first-order chi connectivity index (χ1) is 7.54. The molecule has 1 aromatic heterocycles. The van der Waals surface area contributed by atoms with Gasteiger partial charge >= 0.3 is 0 Å². The minimum atomic E-state index is -1.27. The molecule has 0 bridgehead atoms. The number of benzene rings is 1. The summed E-state index contributed by atoms with van der Waals surface area (Å²) in [5.74, 6) is 2.01. The van der Waals surface area contributed by atoms with Crippen molar-refractivity contribution in [2.45, 2.75) is 6.92 Å². The molecule has 0 saturated carbocycles. The number of nitrogen functional groups attached to an aromatic ring is 1. The molecule has 0 radical (unpaired) electrons. The largest absolute Gasteiger partial charge is 0.308 e. The summed E-state index contributed by atoms with van der Waals surface area (Å²) in [6.07, 6.45) is 0. The summed E-state index contributed by atoms with van der Waals surface area (Å²) in [5.41, 5.74) is 2.39. The van der Waals surface area contributed by atoms with E-state index in [0.29, 0.717) is 11.6 Å². The van der Waals surface area contributed by atoms with Crippen molar-refractivity contribution < 1.29 is 13.2 Å². The summed E-state index contributed by atoms with van der Waals surface area (Å²) >= 11 is 0. The number of rotatable bonds is 1. The number of halogens is 3. The SMILES string of the molecule is Cc1cc2c(F)cc(F)c(F)c2nc1NN. The Kier molecular flexibility index (Phi) is 2.43. The molecule has 0 aliphatic rings. The first kappa shape index (κ1) is 10.7. The summed E-state index contributed by atoms with van der Waals surface area (Å²) in [6, 6.07) is 1.85. The number of aryl methyl sites for hydroxylation is 1. The highest BCUT2D eigenvalue weighted by Gasteiger charge is 2.15. The average Bonchev–Trinajstić information content (AvgIpc) is 2.25. The highest BCUT2D eigenvalue weighted by Crippen LogP contribution is 2.25. The van der Waals surface area contributed by atoms with Crippen LogP contribution in [0.5, 0.6) is 0 Å². The Balaban J connectivity index is 2.90. The van der Waals surface area contributed by atoms with E-state index in [1.165, 1.54) is 6.07 Å². The molecule has 0 fully saturated rings. The Bertz CT molecular complexity index is 569. The maximum atomic E-state index is 13.4. The number of nitrogens with one attached hydrogen (secondary N) is 1. The van der Waals surface area contributed by atoms with Crippen LogP contribution in [0.3, 0.4) is 0 Å². The van der Waals surface area contributed by atoms with Crippen LogP contribution in [0.25, 0.3) is 10.9 Å². The van der Waals surface area contributed by atoms with Crippen molar-refractivity contribution in [3.05, 3.63) is 35.1 Å². The number of hydrogen-bond acceptors (Lipinski definition) is 3. The standard InChI is InChI=1S/C10H8F3N3/c1-4-2-5-6(11)3-7(12)8(13)9(5)15-10(4)16-14/h2-3H,14H2,1H3,(H,15,16). The van der Waals surface area contributed by atoms with Crippen molar-refractivity contribution in [1.82, 2.24) is 4.98 Å². The van der Waals surface area contributed by atoms with E-state index in [0.717, 1.165) is 0 Å². The van der Waals surface area contributed by atoms with Crippen molar-refractivity contribution in [2.75, 3.05) is 5.43 Å². The predicted molar refractivity (Wildman–Crippen MR) is 54.2 cm³/mol. The van der Waals surface area contributed by atoms with Gasteiger partial charge in [0.15, 0.2) is 11.6 Å². The van der Waals surface area contributed by atoms with E-state index in [2.05, 4.69) is 10.4 Å². The lowest BCUT2D eigenvalue weighted by molar-refractivity contribution is 0.504. The van der Waals surface area contributed by atoms with Gasteiger partial charge in [-0.1, -0.05) is 0 Å². The molecular weight excluding hydrogens is 219 g/mol. The third kappa shape index (κ3) is 1.47. The summed E-state index contributed by atoms with van der Waals surface area (Å²) in [6.45, 7) is 1.63. The van der Waals surface area contributed by atoms with Crippen molar-refractivity contribution in [3.63, 3.8) is 0 Å². The van der Waals surface area contributed by atoms with Crippen LogP contribution in [0.4, 0.5) is 19.0 Å². The lowest BCUT2D eigenvalue weighted by Crippen LogP contribution is -2.10. The molecule has 2 rings (SSSR count). The van der Waals surface area contributed by atoms with Crippen molar-refractivity contribution in [2.24, 2.45) is 5.84 Å². The van der Waals surface area contributed by atoms with Crippen LogP contribution in [0.15, 0.2) is 12.1 Å². The summed E-state index contributed by atoms with van der Waals surface area (Å²) in [7, 11) is 0. The number of anilines is 1. The lowest BCUT2D eigenvalue weighted by Gasteiger charge is -2.07. The van der Waals surface area contributed by atoms with Gasteiger partial charge in [0.2, 0.25) is 0 Å². The summed E-state index contributed by atoms with van der Waals surface area (Å²) in [5, 5.41) is -0.0737. The van der Waals surface area contributed by atoms with Crippen molar-refractivity contribution in [3.8, 4) is 0 Å². The average molecular weight is 227 g/mol. The molecule has 84 valence electrons. The zero-order valence-corrected chi connectivity index (χ0v) is 8.31. The maximum absolute atomic E-state index is 13.4.